The van der Waals surface area contributed by atoms with E-state index >= 15 is 0 Å². The monoisotopic (exact) mass is 211 g/mol. The zero-order valence-corrected chi connectivity index (χ0v) is 8.80. The number of hydrogen-bond acceptors (Lipinski definition) is 5. The second kappa shape index (κ2) is 6.31. The van der Waals surface area contributed by atoms with Gasteiger partial charge in [0, 0.05) is 13.7 Å². The molecule has 0 aromatic rings. The Morgan fingerprint density at radius 1 is 1.54 bits per heavy atom. The molecular weight excluding hydrogens is 194 g/mol. The first-order valence-electron chi connectivity index (χ1n) is 4.04. The van der Waals surface area contributed by atoms with Crippen LogP contribution in [0.3, 0.4) is 0 Å². The van der Waals surface area contributed by atoms with Gasteiger partial charge in [-0.1, -0.05) is 0 Å². The third-order valence-electron chi connectivity index (χ3n) is 1.48. The topological polar surface area (TPSA) is 75.6 Å². The van der Waals surface area contributed by atoms with Gasteiger partial charge in [-0.05, 0) is 7.05 Å². The fourth-order valence-electron chi connectivity index (χ4n) is 0.881. The first kappa shape index (κ1) is 12.8. The molecule has 0 aliphatic carbocycles. The molecule has 0 saturated heterocycles. The molecule has 0 fully saturated rings. The molecule has 0 aromatic carbocycles. The van der Waals surface area contributed by atoms with Gasteiger partial charge >= 0.3 is 0 Å². The lowest BCUT2D eigenvalue weighted by atomic mass is 10.4. The Morgan fingerprint density at radius 2 is 2.15 bits per heavy atom. The lowest BCUT2D eigenvalue weighted by Crippen LogP contribution is -2.32. The van der Waals surface area contributed by atoms with E-state index < -0.39 is 15.9 Å². The molecule has 0 aliphatic heterocycles. The summed E-state index contributed by atoms with van der Waals surface area (Å²) in [7, 11) is -0.0784. The van der Waals surface area contributed by atoms with Gasteiger partial charge in [0.05, 0.1) is 24.2 Å². The van der Waals surface area contributed by atoms with Gasteiger partial charge in [-0.25, -0.2) is 8.42 Å². The standard InChI is InChI=1S/C7H17NO4S/c1-8-5-7(9)6-13(10,11)4-3-12-2/h7-9H,3-6H2,1-2H3. The van der Waals surface area contributed by atoms with Crippen molar-refractivity contribution in [3.05, 3.63) is 0 Å². The zero-order chi connectivity index (χ0) is 10.3. The van der Waals surface area contributed by atoms with Crippen LogP contribution in [-0.2, 0) is 14.6 Å². The molecule has 0 spiro atoms. The Bertz CT molecular complexity index is 215. The van der Waals surface area contributed by atoms with E-state index in [-0.39, 0.29) is 24.7 Å². The van der Waals surface area contributed by atoms with E-state index in [1.807, 2.05) is 0 Å². The summed E-state index contributed by atoms with van der Waals surface area (Å²) in [6.07, 6.45) is -0.841. The summed E-state index contributed by atoms with van der Waals surface area (Å²) < 4.78 is 27.1. The maximum Gasteiger partial charge on any atom is 0.155 e. The average Bonchev–Trinajstić information content (AvgIpc) is 2.00. The Labute approximate surface area is 79.0 Å². The minimum absolute atomic E-state index is 0.0374. The molecular formula is C7H17NO4S. The normalized spacial score (nSPS) is 14.4. The van der Waals surface area contributed by atoms with Gasteiger partial charge < -0.3 is 15.2 Å². The largest absolute Gasteiger partial charge is 0.391 e. The number of rotatable bonds is 7. The molecule has 5 nitrogen and oxygen atoms in total. The number of sulfone groups is 1. The number of aliphatic hydroxyl groups is 1. The molecule has 0 bridgehead atoms. The van der Waals surface area contributed by atoms with Crippen LogP contribution in [0.4, 0.5) is 0 Å². The minimum Gasteiger partial charge on any atom is -0.391 e. The minimum atomic E-state index is -3.18. The van der Waals surface area contributed by atoms with Crippen molar-refractivity contribution in [3.63, 3.8) is 0 Å². The van der Waals surface area contributed by atoms with E-state index in [0.29, 0.717) is 0 Å². The number of likely N-dealkylation sites (N-methyl/N-ethyl adjacent to an activating group) is 1. The lowest BCUT2D eigenvalue weighted by Gasteiger charge is -2.09. The predicted molar refractivity (Wildman–Crippen MR) is 50.5 cm³/mol. The summed E-state index contributed by atoms with van der Waals surface area (Å²) in [6.45, 7) is 0.459. The van der Waals surface area contributed by atoms with Gasteiger partial charge in [-0.2, -0.15) is 0 Å². The van der Waals surface area contributed by atoms with Gasteiger partial charge in [0.15, 0.2) is 9.84 Å². The van der Waals surface area contributed by atoms with E-state index in [0.717, 1.165) is 0 Å². The fourth-order valence-corrected chi connectivity index (χ4v) is 2.17. The van der Waals surface area contributed by atoms with Crippen LogP contribution in [0.5, 0.6) is 0 Å². The molecule has 13 heavy (non-hydrogen) atoms. The van der Waals surface area contributed by atoms with Crippen LogP contribution in [0.2, 0.25) is 0 Å². The fraction of sp³-hybridized carbons (Fsp3) is 1.00. The summed E-state index contributed by atoms with van der Waals surface area (Å²) >= 11 is 0. The summed E-state index contributed by atoms with van der Waals surface area (Å²) in [6, 6.07) is 0. The summed E-state index contributed by atoms with van der Waals surface area (Å²) in [5.41, 5.74) is 0. The summed E-state index contributed by atoms with van der Waals surface area (Å²) in [5, 5.41) is 11.9. The highest BCUT2D eigenvalue weighted by Gasteiger charge is 2.16. The highest BCUT2D eigenvalue weighted by atomic mass is 32.2. The molecule has 0 amide bonds. The van der Waals surface area contributed by atoms with Crippen LogP contribution >= 0.6 is 0 Å². The SMILES string of the molecule is CNCC(O)CS(=O)(=O)CCOC. The number of hydrogen-bond donors (Lipinski definition) is 2. The predicted octanol–water partition coefficient (Wildman–Crippen LogP) is -1.37. The summed E-state index contributed by atoms with van der Waals surface area (Å²) in [5.74, 6) is -0.249. The Hall–Kier alpha value is -0.170. The molecule has 0 rings (SSSR count). The lowest BCUT2D eigenvalue weighted by molar-refractivity contribution is 0.195. The van der Waals surface area contributed by atoms with E-state index in [4.69, 9.17) is 0 Å². The second-order valence-corrected chi connectivity index (χ2v) is 5.05. The smallest absolute Gasteiger partial charge is 0.155 e. The van der Waals surface area contributed by atoms with E-state index in [1.54, 1.807) is 7.05 Å². The van der Waals surface area contributed by atoms with E-state index in [9.17, 15) is 13.5 Å². The third-order valence-corrected chi connectivity index (χ3v) is 3.17. The molecule has 1 atom stereocenters. The van der Waals surface area contributed by atoms with Crippen molar-refractivity contribution < 1.29 is 18.3 Å². The molecule has 0 aliphatic rings. The highest BCUT2D eigenvalue weighted by molar-refractivity contribution is 7.91. The van der Waals surface area contributed by atoms with Crippen molar-refractivity contribution in [2.45, 2.75) is 6.10 Å². The van der Waals surface area contributed by atoms with Crippen molar-refractivity contribution in [2.75, 3.05) is 38.8 Å². The molecule has 0 aromatic heterocycles. The van der Waals surface area contributed by atoms with Gasteiger partial charge in [-0.15, -0.1) is 0 Å². The van der Waals surface area contributed by atoms with Gasteiger partial charge in [0.1, 0.15) is 0 Å². The Morgan fingerprint density at radius 3 is 2.62 bits per heavy atom. The first-order chi connectivity index (χ1) is 6.02. The number of ether oxygens (including phenoxy) is 1. The first-order valence-corrected chi connectivity index (χ1v) is 5.86. The van der Waals surface area contributed by atoms with Crippen molar-refractivity contribution in [1.82, 2.24) is 5.32 Å². The van der Waals surface area contributed by atoms with Crippen LogP contribution in [-0.4, -0.2) is 58.4 Å². The van der Waals surface area contributed by atoms with Crippen molar-refractivity contribution >= 4 is 9.84 Å². The second-order valence-electron chi connectivity index (χ2n) is 2.82. The van der Waals surface area contributed by atoms with Crippen LogP contribution in [0.15, 0.2) is 0 Å². The third kappa shape index (κ3) is 6.94. The molecule has 0 heterocycles. The molecule has 6 heteroatoms. The molecule has 0 radical (unpaired) electrons. The van der Waals surface area contributed by atoms with Gasteiger partial charge in [0.25, 0.3) is 0 Å². The molecule has 2 N–H and O–H groups in total. The van der Waals surface area contributed by atoms with Gasteiger partial charge in [-0.3, -0.25) is 0 Å². The van der Waals surface area contributed by atoms with Crippen molar-refractivity contribution in [3.8, 4) is 0 Å². The van der Waals surface area contributed by atoms with Crippen LogP contribution < -0.4 is 5.32 Å². The van der Waals surface area contributed by atoms with Crippen molar-refractivity contribution in [1.29, 1.82) is 0 Å². The highest BCUT2D eigenvalue weighted by Crippen LogP contribution is 1.94. The van der Waals surface area contributed by atoms with Crippen molar-refractivity contribution in [2.24, 2.45) is 0 Å². The maximum atomic E-state index is 11.2. The zero-order valence-electron chi connectivity index (χ0n) is 7.99. The van der Waals surface area contributed by atoms with Crippen LogP contribution in [0, 0.1) is 0 Å². The number of aliphatic hydroxyl groups excluding tert-OH is 1. The van der Waals surface area contributed by atoms with Gasteiger partial charge in [0.2, 0.25) is 0 Å². The molecule has 1 unspecified atom stereocenters. The molecule has 80 valence electrons. The summed E-state index contributed by atoms with van der Waals surface area (Å²) in [4.78, 5) is 0. The van der Waals surface area contributed by atoms with Crippen LogP contribution in [0.1, 0.15) is 0 Å². The van der Waals surface area contributed by atoms with Crippen LogP contribution in [0.25, 0.3) is 0 Å². The Kier molecular flexibility index (Phi) is 6.23. The number of nitrogens with one attached hydrogen (secondary N) is 1. The molecule has 0 saturated carbocycles. The maximum absolute atomic E-state index is 11.2. The average molecular weight is 211 g/mol. The van der Waals surface area contributed by atoms with E-state index in [1.165, 1.54) is 7.11 Å². The number of methoxy groups -OCH3 is 1. The Balaban J connectivity index is 3.87. The quantitative estimate of drug-likeness (QED) is 0.543. The van der Waals surface area contributed by atoms with E-state index in [2.05, 4.69) is 10.1 Å².